The predicted octanol–water partition coefficient (Wildman–Crippen LogP) is 4.79. The van der Waals surface area contributed by atoms with Crippen molar-refractivity contribution in [1.82, 2.24) is 0 Å². The summed E-state index contributed by atoms with van der Waals surface area (Å²) in [6.07, 6.45) is -0.270. The van der Waals surface area contributed by atoms with Gasteiger partial charge in [0.2, 0.25) is 5.91 Å². The number of carbonyl (C=O) groups is 2. The number of aliphatic carboxylic acids is 1. The third-order valence-corrected chi connectivity index (χ3v) is 5.67. The van der Waals surface area contributed by atoms with Gasteiger partial charge in [-0.3, -0.25) is 4.79 Å². The standard InChI is InChI=1S/C24H24FNO3Si/c1-16-9-10-17(13-21(16)25)15-26-22-8-6-5-7-19(22)18(11-12-30(2,3)4)20(24(28)29)14-23(26)27/h5-10,13H,14-15H2,1-4H3,(H,28,29). The molecule has 6 heteroatoms. The summed E-state index contributed by atoms with van der Waals surface area (Å²) in [5, 5.41) is 9.81. The lowest BCUT2D eigenvalue weighted by molar-refractivity contribution is -0.133. The van der Waals surface area contributed by atoms with Crippen molar-refractivity contribution >= 4 is 31.2 Å². The Labute approximate surface area is 177 Å². The molecule has 30 heavy (non-hydrogen) atoms. The molecule has 3 rings (SSSR count). The zero-order valence-corrected chi connectivity index (χ0v) is 18.5. The summed E-state index contributed by atoms with van der Waals surface area (Å²) in [6.45, 7) is 8.06. The Morgan fingerprint density at radius 1 is 1.20 bits per heavy atom. The number of para-hydroxylation sites is 1. The molecule has 0 aromatic heterocycles. The number of aryl methyl sites for hydroxylation is 1. The average Bonchev–Trinajstić information content (AvgIpc) is 2.78. The maximum Gasteiger partial charge on any atom is 0.333 e. The molecular formula is C24H24FNO3Si. The number of carboxylic acids is 1. The Morgan fingerprint density at radius 2 is 1.90 bits per heavy atom. The van der Waals surface area contributed by atoms with Gasteiger partial charge in [-0.2, -0.15) is 0 Å². The Bertz CT molecular complexity index is 1120. The van der Waals surface area contributed by atoms with Crippen molar-refractivity contribution < 1.29 is 19.1 Å². The van der Waals surface area contributed by atoms with Crippen LogP contribution in [-0.2, 0) is 16.1 Å². The van der Waals surface area contributed by atoms with Gasteiger partial charge < -0.3 is 10.0 Å². The summed E-state index contributed by atoms with van der Waals surface area (Å²) in [5.41, 5.74) is 5.96. The molecular weight excluding hydrogens is 397 g/mol. The first-order valence-corrected chi connectivity index (χ1v) is 13.2. The lowest BCUT2D eigenvalue weighted by Gasteiger charge is -2.23. The van der Waals surface area contributed by atoms with Crippen LogP contribution >= 0.6 is 0 Å². The van der Waals surface area contributed by atoms with Crippen LogP contribution in [0.25, 0.3) is 5.57 Å². The summed E-state index contributed by atoms with van der Waals surface area (Å²) < 4.78 is 14.0. The summed E-state index contributed by atoms with van der Waals surface area (Å²) in [4.78, 5) is 26.6. The third-order valence-electron chi connectivity index (χ3n) is 4.79. The fourth-order valence-electron chi connectivity index (χ4n) is 3.22. The van der Waals surface area contributed by atoms with E-state index in [4.69, 9.17) is 0 Å². The molecule has 1 aliphatic rings. The number of amides is 1. The topological polar surface area (TPSA) is 57.6 Å². The van der Waals surface area contributed by atoms with Crippen LogP contribution in [0.5, 0.6) is 0 Å². The molecule has 0 bridgehead atoms. The van der Waals surface area contributed by atoms with Gasteiger partial charge in [-0.1, -0.05) is 55.9 Å². The molecule has 154 valence electrons. The maximum absolute atomic E-state index is 14.0. The van der Waals surface area contributed by atoms with E-state index in [0.29, 0.717) is 28.0 Å². The smallest absolute Gasteiger partial charge is 0.333 e. The van der Waals surface area contributed by atoms with E-state index in [9.17, 15) is 19.1 Å². The molecule has 0 fully saturated rings. The minimum absolute atomic E-state index is 0.00390. The van der Waals surface area contributed by atoms with Crippen LogP contribution in [0.4, 0.5) is 10.1 Å². The normalized spacial score (nSPS) is 14.0. The Hall–Kier alpha value is -3.17. The number of carbonyl (C=O) groups excluding carboxylic acids is 1. The van der Waals surface area contributed by atoms with Gasteiger partial charge in [0.1, 0.15) is 13.9 Å². The fourth-order valence-corrected chi connectivity index (χ4v) is 3.72. The van der Waals surface area contributed by atoms with Crippen molar-refractivity contribution in [2.75, 3.05) is 4.90 Å². The number of anilines is 1. The molecule has 0 aliphatic carbocycles. The zero-order valence-electron chi connectivity index (χ0n) is 17.5. The highest BCUT2D eigenvalue weighted by atomic mass is 28.3. The molecule has 4 nitrogen and oxygen atoms in total. The largest absolute Gasteiger partial charge is 0.478 e. The van der Waals surface area contributed by atoms with E-state index in [2.05, 4.69) is 31.1 Å². The second-order valence-corrected chi connectivity index (χ2v) is 13.2. The predicted molar refractivity (Wildman–Crippen MR) is 119 cm³/mol. The van der Waals surface area contributed by atoms with Crippen molar-refractivity contribution in [1.29, 1.82) is 0 Å². The SMILES string of the molecule is Cc1ccc(CN2C(=O)CC(C(=O)O)=C(C#C[Si](C)(C)C)c3ccccc32)cc1F. The quantitative estimate of drug-likeness (QED) is 0.573. The van der Waals surface area contributed by atoms with Crippen LogP contribution in [0.15, 0.2) is 48.0 Å². The van der Waals surface area contributed by atoms with Gasteiger partial charge in [0.05, 0.1) is 24.2 Å². The summed E-state index contributed by atoms with van der Waals surface area (Å²) in [7, 11) is -1.78. The minimum atomic E-state index is -1.78. The van der Waals surface area contributed by atoms with Crippen molar-refractivity contribution in [2.24, 2.45) is 0 Å². The minimum Gasteiger partial charge on any atom is -0.478 e. The molecule has 1 N–H and O–H groups in total. The first kappa shape index (κ1) is 21.5. The molecule has 0 spiro atoms. The van der Waals surface area contributed by atoms with Gasteiger partial charge in [-0.05, 0) is 30.2 Å². The number of carboxylic acid groups (broad SMARTS) is 1. The van der Waals surface area contributed by atoms with E-state index in [1.165, 1.54) is 11.0 Å². The van der Waals surface area contributed by atoms with Crippen LogP contribution in [0.3, 0.4) is 0 Å². The monoisotopic (exact) mass is 421 g/mol. The summed E-state index contributed by atoms with van der Waals surface area (Å²) in [6, 6.07) is 12.0. The van der Waals surface area contributed by atoms with Crippen LogP contribution < -0.4 is 4.90 Å². The van der Waals surface area contributed by atoms with E-state index in [1.54, 1.807) is 43.3 Å². The third kappa shape index (κ3) is 4.69. The van der Waals surface area contributed by atoms with E-state index >= 15 is 0 Å². The van der Waals surface area contributed by atoms with Crippen molar-refractivity contribution in [2.45, 2.75) is 39.5 Å². The number of hydrogen-bond donors (Lipinski definition) is 1. The number of hydrogen-bond acceptors (Lipinski definition) is 2. The zero-order chi connectivity index (χ0) is 22.1. The molecule has 0 saturated carbocycles. The molecule has 1 heterocycles. The molecule has 0 radical (unpaired) electrons. The molecule has 1 aliphatic heterocycles. The van der Waals surface area contributed by atoms with Gasteiger partial charge in [0.15, 0.2) is 0 Å². The Morgan fingerprint density at radius 3 is 2.53 bits per heavy atom. The van der Waals surface area contributed by atoms with E-state index < -0.39 is 14.0 Å². The number of halogens is 1. The van der Waals surface area contributed by atoms with Gasteiger partial charge in [0.25, 0.3) is 0 Å². The highest BCUT2D eigenvalue weighted by molar-refractivity contribution is 6.84. The number of nitrogens with zero attached hydrogens (tertiary/aromatic N) is 1. The molecule has 2 aromatic carbocycles. The molecule has 0 atom stereocenters. The van der Waals surface area contributed by atoms with Crippen LogP contribution in [0, 0.1) is 24.2 Å². The second kappa shape index (κ2) is 8.29. The van der Waals surface area contributed by atoms with Crippen LogP contribution in [-0.4, -0.2) is 25.1 Å². The lowest BCUT2D eigenvalue weighted by Crippen LogP contribution is -2.30. The van der Waals surface area contributed by atoms with Gasteiger partial charge in [0, 0.05) is 11.1 Å². The van der Waals surface area contributed by atoms with Crippen molar-refractivity contribution in [3.8, 4) is 11.5 Å². The molecule has 2 aromatic rings. The Kier molecular flexibility index (Phi) is 5.95. The highest BCUT2D eigenvalue weighted by Crippen LogP contribution is 2.35. The van der Waals surface area contributed by atoms with E-state index in [0.717, 1.165) is 0 Å². The number of fused-ring (bicyclic) bond motifs is 1. The molecule has 0 unspecified atom stereocenters. The molecule has 0 saturated heterocycles. The van der Waals surface area contributed by atoms with Crippen LogP contribution in [0.1, 0.15) is 23.1 Å². The van der Waals surface area contributed by atoms with Gasteiger partial charge in [-0.25, -0.2) is 9.18 Å². The van der Waals surface area contributed by atoms with Crippen molar-refractivity contribution in [3.05, 3.63) is 70.5 Å². The Balaban J connectivity index is 2.15. The molecule has 1 amide bonds. The van der Waals surface area contributed by atoms with E-state index in [-0.39, 0.29) is 30.3 Å². The summed E-state index contributed by atoms with van der Waals surface area (Å²) in [5.74, 6) is 1.24. The lowest BCUT2D eigenvalue weighted by atomic mass is 9.98. The second-order valence-electron chi connectivity index (χ2n) is 8.42. The summed E-state index contributed by atoms with van der Waals surface area (Å²) >= 11 is 0. The first-order valence-electron chi connectivity index (χ1n) is 9.71. The first-order chi connectivity index (χ1) is 14.1. The van der Waals surface area contributed by atoms with Crippen molar-refractivity contribution in [3.63, 3.8) is 0 Å². The fraction of sp³-hybridized carbons (Fsp3) is 0.250. The number of allylic oxidation sites excluding steroid dienone is 1. The van der Waals surface area contributed by atoms with Gasteiger partial charge >= 0.3 is 5.97 Å². The average molecular weight is 422 g/mol. The van der Waals surface area contributed by atoms with E-state index in [1.807, 2.05) is 0 Å². The number of rotatable bonds is 3. The van der Waals surface area contributed by atoms with Gasteiger partial charge in [-0.15, -0.1) is 5.54 Å². The van der Waals surface area contributed by atoms with Crippen LogP contribution in [0.2, 0.25) is 19.6 Å². The highest BCUT2D eigenvalue weighted by Gasteiger charge is 2.30. The number of benzene rings is 2. The maximum atomic E-state index is 14.0.